The lowest BCUT2D eigenvalue weighted by atomic mass is 10.0. The molecule has 0 unspecified atom stereocenters. The number of hydrogen-bond donors (Lipinski definition) is 1. The molecule has 0 spiro atoms. The fourth-order valence-electron chi connectivity index (χ4n) is 3.02. The van der Waals surface area contributed by atoms with E-state index in [9.17, 15) is 13.2 Å². The van der Waals surface area contributed by atoms with Gasteiger partial charge in [0.1, 0.15) is 11.4 Å². The predicted octanol–water partition coefficient (Wildman–Crippen LogP) is 4.12. The van der Waals surface area contributed by atoms with Crippen LogP contribution in [-0.4, -0.2) is 43.6 Å². The molecule has 34 heavy (non-hydrogen) atoms. The second-order valence-corrected chi connectivity index (χ2v) is 10.4. The highest BCUT2D eigenvalue weighted by Gasteiger charge is 2.23. The quantitative estimate of drug-likeness (QED) is 0.265. The number of nitrogens with two attached hydrogens (primary N) is 1. The van der Waals surface area contributed by atoms with Gasteiger partial charge in [0.2, 0.25) is 5.82 Å². The Morgan fingerprint density at radius 1 is 1.18 bits per heavy atom. The summed E-state index contributed by atoms with van der Waals surface area (Å²) < 4.78 is 34.1. The smallest absolute Gasteiger partial charge is 0.355 e. The average molecular weight is 547 g/mol. The second kappa shape index (κ2) is 10.3. The SMILES string of the molecule is COC(=O)C(N)=C(Br)C(=Nc1ccccc1C(C)C)c1nc(-c2cccc(S(C)(=O)=O)c2)no1. The van der Waals surface area contributed by atoms with Crippen LogP contribution in [-0.2, 0) is 19.4 Å². The fraction of sp³-hybridized carbons (Fsp3) is 0.217. The van der Waals surface area contributed by atoms with E-state index in [2.05, 4.69) is 31.1 Å². The van der Waals surface area contributed by atoms with Gasteiger partial charge >= 0.3 is 5.97 Å². The number of aromatic nitrogens is 2. The van der Waals surface area contributed by atoms with Crippen LogP contribution in [0.15, 0.2) is 73.1 Å². The summed E-state index contributed by atoms with van der Waals surface area (Å²) in [7, 11) is -2.22. The van der Waals surface area contributed by atoms with E-state index in [0.29, 0.717) is 11.3 Å². The molecular weight excluding hydrogens is 524 g/mol. The molecule has 0 aliphatic rings. The van der Waals surface area contributed by atoms with Crippen LogP contribution in [0.2, 0.25) is 0 Å². The molecule has 1 heterocycles. The number of carbonyl (C=O) groups excluding carboxylic acids is 1. The van der Waals surface area contributed by atoms with E-state index in [1.807, 2.05) is 38.1 Å². The van der Waals surface area contributed by atoms with Gasteiger partial charge in [-0.2, -0.15) is 4.98 Å². The maximum absolute atomic E-state index is 12.1. The molecule has 0 saturated heterocycles. The van der Waals surface area contributed by atoms with Crippen LogP contribution >= 0.6 is 15.9 Å². The first-order chi connectivity index (χ1) is 16.0. The number of esters is 1. The van der Waals surface area contributed by atoms with Crippen LogP contribution in [0.5, 0.6) is 0 Å². The normalized spacial score (nSPS) is 13.1. The summed E-state index contributed by atoms with van der Waals surface area (Å²) in [4.78, 5) is 21.3. The maximum atomic E-state index is 12.1. The third-order valence-electron chi connectivity index (χ3n) is 4.79. The van der Waals surface area contributed by atoms with Gasteiger partial charge in [0.05, 0.1) is 22.2 Å². The third-order valence-corrected chi connectivity index (χ3v) is 6.70. The second-order valence-electron chi connectivity index (χ2n) is 7.62. The van der Waals surface area contributed by atoms with E-state index in [1.54, 1.807) is 12.1 Å². The van der Waals surface area contributed by atoms with Crippen molar-refractivity contribution in [3.05, 3.63) is 70.2 Å². The van der Waals surface area contributed by atoms with E-state index in [4.69, 9.17) is 15.0 Å². The summed E-state index contributed by atoms with van der Waals surface area (Å²) in [5, 5.41) is 3.97. The first kappa shape index (κ1) is 25.3. The van der Waals surface area contributed by atoms with E-state index >= 15 is 0 Å². The molecule has 0 aliphatic carbocycles. The minimum atomic E-state index is -3.43. The van der Waals surface area contributed by atoms with Gasteiger partial charge in [-0.25, -0.2) is 18.2 Å². The number of para-hydroxylation sites is 1. The molecule has 0 radical (unpaired) electrons. The van der Waals surface area contributed by atoms with Crippen molar-refractivity contribution in [1.29, 1.82) is 0 Å². The zero-order valence-corrected chi connectivity index (χ0v) is 21.3. The van der Waals surface area contributed by atoms with Gasteiger partial charge in [0.25, 0.3) is 5.89 Å². The Labute approximate surface area is 205 Å². The summed E-state index contributed by atoms with van der Waals surface area (Å²) in [6, 6.07) is 13.7. The molecule has 0 aliphatic heterocycles. The van der Waals surface area contributed by atoms with Gasteiger partial charge < -0.3 is 15.0 Å². The Balaban J connectivity index is 2.19. The molecule has 1 aromatic heterocycles. The van der Waals surface area contributed by atoms with Crippen molar-refractivity contribution in [2.75, 3.05) is 13.4 Å². The largest absolute Gasteiger partial charge is 0.464 e. The molecular formula is C23H23BrN4O5S. The van der Waals surface area contributed by atoms with Gasteiger partial charge in [-0.1, -0.05) is 49.3 Å². The number of allylic oxidation sites excluding steroid dienone is 1. The molecule has 2 N–H and O–H groups in total. The summed E-state index contributed by atoms with van der Waals surface area (Å²) >= 11 is 3.33. The van der Waals surface area contributed by atoms with Crippen LogP contribution in [0.4, 0.5) is 5.69 Å². The van der Waals surface area contributed by atoms with Crippen LogP contribution in [0, 0.1) is 0 Å². The zero-order chi connectivity index (χ0) is 25.0. The molecule has 178 valence electrons. The zero-order valence-electron chi connectivity index (χ0n) is 18.9. The van der Waals surface area contributed by atoms with E-state index in [-0.39, 0.29) is 38.4 Å². The van der Waals surface area contributed by atoms with Crippen LogP contribution < -0.4 is 5.73 Å². The monoisotopic (exact) mass is 546 g/mol. The van der Waals surface area contributed by atoms with Crippen molar-refractivity contribution in [2.24, 2.45) is 10.7 Å². The van der Waals surface area contributed by atoms with E-state index in [0.717, 1.165) is 11.8 Å². The molecule has 9 nitrogen and oxygen atoms in total. The molecule has 0 saturated carbocycles. The first-order valence-corrected chi connectivity index (χ1v) is 12.8. The highest BCUT2D eigenvalue weighted by Crippen LogP contribution is 2.30. The minimum absolute atomic E-state index is 0.0305. The Hall–Kier alpha value is -3.31. The summed E-state index contributed by atoms with van der Waals surface area (Å²) in [5.74, 6) is -0.490. The third kappa shape index (κ3) is 5.60. The van der Waals surface area contributed by atoms with Gasteiger partial charge in [-0.05, 0) is 45.6 Å². The number of halogens is 1. The molecule has 0 fully saturated rings. The van der Waals surface area contributed by atoms with Gasteiger partial charge in [-0.3, -0.25) is 0 Å². The van der Waals surface area contributed by atoms with Crippen LogP contribution in [0.25, 0.3) is 11.4 Å². The van der Waals surface area contributed by atoms with Crippen LogP contribution in [0.1, 0.15) is 31.2 Å². The number of ether oxygens (including phenoxy) is 1. The summed E-state index contributed by atoms with van der Waals surface area (Å²) in [5.41, 5.74) is 7.87. The predicted molar refractivity (Wildman–Crippen MR) is 132 cm³/mol. The molecule has 11 heteroatoms. The molecule has 0 bridgehead atoms. The first-order valence-electron chi connectivity index (χ1n) is 10.1. The molecule has 2 aromatic carbocycles. The lowest BCUT2D eigenvalue weighted by molar-refractivity contribution is -0.136. The highest BCUT2D eigenvalue weighted by molar-refractivity contribution is 9.12. The van der Waals surface area contributed by atoms with Crippen molar-refractivity contribution in [2.45, 2.75) is 24.7 Å². The lowest BCUT2D eigenvalue weighted by Crippen LogP contribution is -2.18. The van der Waals surface area contributed by atoms with Crippen molar-refractivity contribution in [3.8, 4) is 11.4 Å². The van der Waals surface area contributed by atoms with Crippen molar-refractivity contribution >= 4 is 43.1 Å². The molecule has 3 aromatic rings. The Bertz CT molecular complexity index is 1390. The Morgan fingerprint density at radius 2 is 1.88 bits per heavy atom. The van der Waals surface area contributed by atoms with Crippen LogP contribution in [0.3, 0.4) is 0 Å². The van der Waals surface area contributed by atoms with Gasteiger partial charge in [0.15, 0.2) is 9.84 Å². The van der Waals surface area contributed by atoms with E-state index in [1.165, 1.54) is 19.2 Å². The number of rotatable bonds is 7. The fourth-order valence-corrected chi connectivity index (χ4v) is 4.11. The molecule has 0 atom stereocenters. The average Bonchev–Trinajstić information content (AvgIpc) is 3.30. The number of nitrogens with zero attached hydrogens (tertiary/aromatic N) is 3. The van der Waals surface area contributed by atoms with Crippen molar-refractivity contribution in [1.82, 2.24) is 10.1 Å². The molecule has 3 rings (SSSR count). The molecule has 0 amide bonds. The minimum Gasteiger partial charge on any atom is -0.464 e. The topological polar surface area (TPSA) is 138 Å². The standard InChI is InChI=1S/C23H23BrN4O5S/c1-13(2)16-10-5-6-11-17(16)26-20(18(24)19(25)23(29)32-3)22-27-21(28-33-22)14-8-7-9-15(12-14)34(4,30)31/h5-13H,25H2,1-4H3. The number of methoxy groups -OCH3 is 1. The number of sulfone groups is 1. The number of benzene rings is 2. The van der Waals surface area contributed by atoms with E-state index < -0.39 is 15.8 Å². The number of aliphatic imine (C=N–C) groups is 1. The lowest BCUT2D eigenvalue weighted by Gasteiger charge is -2.11. The van der Waals surface area contributed by atoms with Crippen molar-refractivity contribution in [3.63, 3.8) is 0 Å². The number of carbonyl (C=O) groups is 1. The Kier molecular flexibility index (Phi) is 7.68. The highest BCUT2D eigenvalue weighted by atomic mass is 79.9. The Morgan fingerprint density at radius 3 is 2.53 bits per heavy atom. The summed E-state index contributed by atoms with van der Waals surface area (Å²) in [6.45, 7) is 4.06. The van der Waals surface area contributed by atoms with Gasteiger partial charge in [0, 0.05) is 11.8 Å². The van der Waals surface area contributed by atoms with Crippen molar-refractivity contribution < 1.29 is 22.5 Å². The maximum Gasteiger partial charge on any atom is 0.355 e. The summed E-state index contributed by atoms with van der Waals surface area (Å²) in [6.07, 6.45) is 1.11. The van der Waals surface area contributed by atoms with Gasteiger partial charge in [-0.15, -0.1) is 0 Å². The number of hydrogen-bond acceptors (Lipinski definition) is 9.